The lowest BCUT2D eigenvalue weighted by Gasteiger charge is -2.08. The van der Waals surface area contributed by atoms with Gasteiger partial charge >= 0.3 is 6.61 Å². The van der Waals surface area contributed by atoms with E-state index in [1.807, 2.05) is 0 Å². The van der Waals surface area contributed by atoms with Crippen molar-refractivity contribution < 1.29 is 28.0 Å². The van der Waals surface area contributed by atoms with Crippen molar-refractivity contribution in [2.24, 2.45) is 0 Å². The first kappa shape index (κ1) is 17.8. The zero-order chi connectivity index (χ0) is 18.4. The number of carbonyl (C=O) groups is 2. The Labute approximate surface area is 139 Å². The third-order valence-corrected chi connectivity index (χ3v) is 2.97. The second-order valence-electron chi connectivity index (χ2n) is 4.62. The van der Waals surface area contributed by atoms with Crippen LogP contribution in [0, 0.1) is 10.1 Å². The number of non-ortho nitro benzene ring substituents is 1. The van der Waals surface area contributed by atoms with Gasteiger partial charge in [0.15, 0.2) is 0 Å². The molecule has 10 heteroatoms. The summed E-state index contributed by atoms with van der Waals surface area (Å²) in [5, 5.41) is 10.5. The van der Waals surface area contributed by atoms with Crippen LogP contribution in [0.2, 0.25) is 0 Å². The van der Waals surface area contributed by atoms with Crippen molar-refractivity contribution in [2.45, 2.75) is 6.61 Å². The van der Waals surface area contributed by atoms with E-state index >= 15 is 0 Å². The van der Waals surface area contributed by atoms with Gasteiger partial charge in [0.25, 0.3) is 17.5 Å². The van der Waals surface area contributed by atoms with Crippen molar-refractivity contribution in [3.8, 4) is 5.75 Å². The molecule has 0 aliphatic carbocycles. The smallest absolute Gasteiger partial charge is 0.387 e. The summed E-state index contributed by atoms with van der Waals surface area (Å²) in [6, 6.07) is 9.61. The first-order chi connectivity index (χ1) is 11.9. The quantitative estimate of drug-likeness (QED) is 0.634. The van der Waals surface area contributed by atoms with E-state index in [2.05, 4.69) is 15.6 Å². The number of halogens is 2. The number of benzene rings is 2. The standard InChI is InChI=1S/C15H11F2N3O5/c16-15(17)25-12-7-3-10(4-8-12)14(22)19-18-13(21)9-1-5-11(6-2-9)20(23)24/h1-8,15H,(H,18,21)(H,19,22). The van der Waals surface area contributed by atoms with E-state index in [-0.39, 0.29) is 22.6 Å². The van der Waals surface area contributed by atoms with Crippen LogP contribution in [-0.4, -0.2) is 23.3 Å². The van der Waals surface area contributed by atoms with Crippen LogP contribution in [0.4, 0.5) is 14.5 Å². The molecule has 0 unspecified atom stereocenters. The number of amides is 2. The molecule has 8 nitrogen and oxygen atoms in total. The number of carbonyl (C=O) groups excluding carboxylic acids is 2. The highest BCUT2D eigenvalue weighted by atomic mass is 19.3. The number of ether oxygens (including phenoxy) is 1. The second-order valence-corrected chi connectivity index (χ2v) is 4.62. The number of nitro benzene ring substituents is 1. The Balaban J connectivity index is 1.92. The molecule has 2 amide bonds. The molecule has 130 valence electrons. The Kier molecular flexibility index (Phi) is 5.56. The van der Waals surface area contributed by atoms with Crippen LogP contribution >= 0.6 is 0 Å². The number of hydrogen-bond donors (Lipinski definition) is 2. The number of rotatable bonds is 5. The molecular formula is C15H11F2N3O5. The van der Waals surface area contributed by atoms with Crippen LogP contribution < -0.4 is 15.6 Å². The summed E-state index contributed by atoms with van der Waals surface area (Å²) in [6.45, 7) is -2.97. The van der Waals surface area contributed by atoms with Crippen molar-refractivity contribution in [1.82, 2.24) is 10.9 Å². The van der Waals surface area contributed by atoms with Crippen molar-refractivity contribution in [3.05, 3.63) is 69.8 Å². The molecule has 0 saturated carbocycles. The van der Waals surface area contributed by atoms with Crippen molar-refractivity contribution in [3.63, 3.8) is 0 Å². The molecule has 0 radical (unpaired) electrons. The molecule has 0 bridgehead atoms. The minimum absolute atomic E-state index is 0.102. The Morgan fingerprint density at radius 1 is 0.920 bits per heavy atom. The maximum atomic E-state index is 12.0. The van der Waals surface area contributed by atoms with Crippen LogP contribution in [0.15, 0.2) is 48.5 Å². The molecule has 0 saturated heterocycles. The largest absolute Gasteiger partial charge is 0.435 e. The molecule has 2 rings (SSSR count). The Morgan fingerprint density at radius 2 is 1.36 bits per heavy atom. The topological polar surface area (TPSA) is 111 Å². The molecule has 2 aromatic rings. The lowest BCUT2D eigenvalue weighted by Crippen LogP contribution is -2.41. The molecule has 0 aliphatic heterocycles. The summed E-state index contributed by atoms with van der Waals surface area (Å²) < 4.78 is 28.2. The molecule has 0 fully saturated rings. The molecule has 2 N–H and O–H groups in total. The van der Waals surface area contributed by atoms with E-state index in [1.165, 1.54) is 36.4 Å². The predicted octanol–water partition coefficient (Wildman–Crippen LogP) is 2.27. The van der Waals surface area contributed by atoms with Gasteiger partial charge in [-0.2, -0.15) is 8.78 Å². The second kappa shape index (κ2) is 7.81. The Morgan fingerprint density at radius 3 is 1.76 bits per heavy atom. The van der Waals surface area contributed by atoms with E-state index in [0.717, 1.165) is 12.1 Å². The number of alkyl halides is 2. The molecule has 0 aromatic heterocycles. The average molecular weight is 351 g/mol. The normalized spacial score (nSPS) is 10.2. The zero-order valence-electron chi connectivity index (χ0n) is 12.4. The molecular weight excluding hydrogens is 340 g/mol. The molecule has 0 atom stereocenters. The van der Waals surface area contributed by atoms with Crippen molar-refractivity contribution >= 4 is 17.5 Å². The van der Waals surface area contributed by atoms with Crippen LogP contribution in [0.5, 0.6) is 5.75 Å². The van der Waals surface area contributed by atoms with Crippen molar-refractivity contribution in [1.29, 1.82) is 0 Å². The molecule has 2 aromatic carbocycles. The average Bonchev–Trinajstić information content (AvgIpc) is 2.59. The van der Waals surface area contributed by atoms with Crippen LogP contribution in [0.1, 0.15) is 20.7 Å². The summed E-state index contributed by atoms with van der Waals surface area (Å²) in [5.41, 5.74) is 4.30. The monoisotopic (exact) mass is 351 g/mol. The summed E-state index contributed by atoms with van der Waals surface area (Å²) in [5.74, 6) is -1.47. The highest BCUT2D eigenvalue weighted by Crippen LogP contribution is 2.15. The van der Waals surface area contributed by atoms with E-state index < -0.39 is 23.3 Å². The van der Waals surface area contributed by atoms with Crippen LogP contribution in [0.25, 0.3) is 0 Å². The lowest BCUT2D eigenvalue weighted by molar-refractivity contribution is -0.384. The Bertz CT molecular complexity index is 779. The Hall–Kier alpha value is -3.56. The number of nitrogens with one attached hydrogen (secondary N) is 2. The molecule has 0 aliphatic rings. The van der Waals surface area contributed by atoms with E-state index in [0.29, 0.717) is 0 Å². The highest BCUT2D eigenvalue weighted by molar-refractivity contribution is 5.99. The van der Waals surface area contributed by atoms with Gasteiger partial charge in [0, 0.05) is 23.3 Å². The first-order valence-corrected chi connectivity index (χ1v) is 6.77. The van der Waals surface area contributed by atoms with Gasteiger partial charge in [0.1, 0.15) is 5.75 Å². The SMILES string of the molecule is O=C(NNC(=O)c1ccc([N+](=O)[O-])cc1)c1ccc(OC(F)F)cc1. The molecule has 0 heterocycles. The third-order valence-electron chi connectivity index (χ3n) is 2.97. The number of nitrogens with zero attached hydrogens (tertiary/aromatic N) is 1. The highest BCUT2D eigenvalue weighted by Gasteiger charge is 2.12. The summed E-state index contributed by atoms with van der Waals surface area (Å²) >= 11 is 0. The minimum atomic E-state index is -2.97. The maximum Gasteiger partial charge on any atom is 0.387 e. The van der Waals surface area contributed by atoms with Gasteiger partial charge in [-0.05, 0) is 36.4 Å². The minimum Gasteiger partial charge on any atom is -0.435 e. The number of hydrogen-bond acceptors (Lipinski definition) is 5. The summed E-state index contributed by atoms with van der Waals surface area (Å²) in [6.07, 6.45) is 0. The zero-order valence-corrected chi connectivity index (χ0v) is 12.4. The maximum absolute atomic E-state index is 12.0. The van der Waals surface area contributed by atoms with E-state index in [1.54, 1.807) is 0 Å². The first-order valence-electron chi connectivity index (χ1n) is 6.77. The van der Waals surface area contributed by atoms with E-state index in [9.17, 15) is 28.5 Å². The fourth-order valence-corrected chi connectivity index (χ4v) is 1.78. The summed E-state index contributed by atoms with van der Waals surface area (Å²) in [7, 11) is 0. The number of hydrazine groups is 1. The van der Waals surface area contributed by atoms with Crippen LogP contribution in [-0.2, 0) is 0 Å². The van der Waals surface area contributed by atoms with Gasteiger partial charge in [-0.3, -0.25) is 30.6 Å². The summed E-state index contributed by atoms with van der Waals surface area (Å²) in [4.78, 5) is 33.6. The third kappa shape index (κ3) is 4.96. The van der Waals surface area contributed by atoms with Gasteiger partial charge in [0.2, 0.25) is 0 Å². The molecule has 0 spiro atoms. The number of nitro groups is 1. The molecule has 25 heavy (non-hydrogen) atoms. The fourth-order valence-electron chi connectivity index (χ4n) is 1.78. The van der Waals surface area contributed by atoms with Crippen molar-refractivity contribution in [2.75, 3.05) is 0 Å². The van der Waals surface area contributed by atoms with Crippen LogP contribution in [0.3, 0.4) is 0 Å². The van der Waals surface area contributed by atoms with E-state index in [4.69, 9.17) is 0 Å². The predicted molar refractivity (Wildman–Crippen MR) is 81.1 cm³/mol. The van der Waals surface area contributed by atoms with Gasteiger partial charge in [-0.25, -0.2) is 0 Å². The van der Waals surface area contributed by atoms with Gasteiger partial charge < -0.3 is 4.74 Å². The van der Waals surface area contributed by atoms with Gasteiger partial charge in [-0.1, -0.05) is 0 Å². The fraction of sp³-hybridized carbons (Fsp3) is 0.0667. The van der Waals surface area contributed by atoms with Gasteiger partial charge in [-0.15, -0.1) is 0 Å². The lowest BCUT2D eigenvalue weighted by atomic mass is 10.2. The van der Waals surface area contributed by atoms with Gasteiger partial charge in [0.05, 0.1) is 4.92 Å².